The van der Waals surface area contributed by atoms with Crippen molar-refractivity contribution in [3.8, 4) is 0 Å². The van der Waals surface area contributed by atoms with Crippen LogP contribution in [0, 0.1) is 5.82 Å². The van der Waals surface area contributed by atoms with Crippen LogP contribution in [-0.4, -0.2) is 58.3 Å². The van der Waals surface area contributed by atoms with E-state index < -0.39 is 70.3 Å². The Morgan fingerprint density at radius 1 is 0.941 bits per heavy atom. The summed E-state index contributed by atoms with van der Waals surface area (Å²) < 4.78 is 102. The minimum absolute atomic E-state index is 0.164. The molecule has 9 nitrogen and oxygen atoms in total. The molecule has 0 bridgehead atoms. The highest BCUT2D eigenvalue weighted by atomic mass is 32.2. The van der Waals surface area contributed by atoms with Gasteiger partial charge in [0.05, 0.1) is 20.4 Å². The molecule has 1 unspecified atom stereocenters. The summed E-state index contributed by atoms with van der Waals surface area (Å²) in [4.78, 5) is 21.6. The highest BCUT2D eigenvalue weighted by Crippen LogP contribution is 2.32. The predicted octanol–water partition coefficient (Wildman–Crippen LogP) is 1.43. The van der Waals surface area contributed by atoms with Crippen LogP contribution in [-0.2, 0) is 29.3 Å². The topological polar surface area (TPSA) is 147 Å². The van der Waals surface area contributed by atoms with Crippen LogP contribution in [0.2, 0.25) is 0 Å². The first-order chi connectivity index (χ1) is 15.4. The van der Waals surface area contributed by atoms with E-state index in [-0.39, 0.29) is 11.8 Å². The molecule has 0 heterocycles. The molecule has 0 aliphatic carbocycles. The largest absolute Gasteiger partial charge is 0.426 e. The zero-order chi connectivity index (χ0) is 26.1. The fourth-order valence-corrected chi connectivity index (χ4v) is 4.91. The van der Waals surface area contributed by atoms with Crippen molar-refractivity contribution < 1.29 is 49.1 Å². The number of nitrogens with one attached hydrogen (secondary N) is 2. The number of rotatable bonds is 7. The Labute approximate surface area is 191 Å². The minimum atomic E-state index is -5.35. The molecule has 0 aromatic heterocycles. The van der Waals surface area contributed by atoms with E-state index in [9.17, 15) is 49.1 Å². The Bertz CT molecular complexity index is 1320. The van der Waals surface area contributed by atoms with Gasteiger partial charge < -0.3 is 15.7 Å². The maximum Gasteiger partial charge on any atom is 0.426 e. The van der Waals surface area contributed by atoms with Gasteiger partial charge in [-0.05, 0) is 49.4 Å². The predicted molar refractivity (Wildman–Crippen MR) is 110 cm³/mol. The molecule has 2 rings (SSSR count). The van der Waals surface area contributed by atoms with E-state index in [0.717, 1.165) is 30.3 Å². The molecule has 0 aliphatic heterocycles. The molecule has 2 amide bonds. The Kier molecular flexibility index (Phi) is 7.45. The second-order valence-corrected chi connectivity index (χ2v) is 11.0. The molecule has 0 saturated heterocycles. The van der Waals surface area contributed by atoms with Gasteiger partial charge in [-0.15, -0.1) is 0 Å². The van der Waals surface area contributed by atoms with Crippen LogP contribution in [0.4, 0.5) is 23.2 Å². The fraction of sp³-hybridized carbons (Fsp3) is 0.263. The zero-order valence-electron chi connectivity index (χ0n) is 17.5. The Hall–Kier alpha value is -3.04. The van der Waals surface area contributed by atoms with E-state index in [0.29, 0.717) is 12.1 Å². The van der Waals surface area contributed by atoms with Crippen molar-refractivity contribution >= 4 is 37.2 Å². The van der Waals surface area contributed by atoms with Crippen LogP contribution in [0.3, 0.4) is 0 Å². The summed E-state index contributed by atoms with van der Waals surface area (Å²) in [6.45, 7) is 0.164. The maximum absolute atomic E-state index is 14.4. The standard InChI is InChI=1S/C19H18F4N2O7S2/c1-18(28,19(21,22)23)17(27)25-15-8-7-13(9-14(15)20)34(31,32)12-5-3-11(4-6-12)33(29,30)10-16(26)24-2/h3-9,28H,10H2,1-2H3,(H,24,26)(H,25,27). The van der Waals surface area contributed by atoms with E-state index in [4.69, 9.17) is 0 Å². The molecule has 2 aromatic carbocycles. The van der Waals surface area contributed by atoms with Gasteiger partial charge in [0.25, 0.3) is 5.91 Å². The van der Waals surface area contributed by atoms with Crippen LogP contribution in [0.15, 0.2) is 57.2 Å². The summed E-state index contributed by atoms with van der Waals surface area (Å²) >= 11 is 0. The normalized spacial score (nSPS) is 14.2. The lowest BCUT2D eigenvalue weighted by Crippen LogP contribution is -2.52. The molecule has 0 fully saturated rings. The number of sulfone groups is 2. The van der Waals surface area contributed by atoms with Crippen molar-refractivity contribution in [2.75, 3.05) is 18.1 Å². The highest BCUT2D eigenvalue weighted by molar-refractivity contribution is 7.92. The van der Waals surface area contributed by atoms with Gasteiger partial charge in [0.15, 0.2) is 9.84 Å². The molecule has 34 heavy (non-hydrogen) atoms. The summed E-state index contributed by atoms with van der Waals surface area (Å²) in [6, 6.07) is 5.63. The first-order valence-corrected chi connectivity index (χ1v) is 12.3. The zero-order valence-corrected chi connectivity index (χ0v) is 19.1. The van der Waals surface area contributed by atoms with Gasteiger partial charge in [0, 0.05) is 7.05 Å². The molecule has 0 aliphatic rings. The number of amides is 2. The molecule has 0 radical (unpaired) electrons. The highest BCUT2D eigenvalue weighted by Gasteiger charge is 2.55. The third-order valence-corrected chi connectivity index (χ3v) is 7.99. The first kappa shape index (κ1) is 27.2. The number of hydrogen-bond acceptors (Lipinski definition) is 7. The Balaban J connectivity index is 2.32. The maximum atomic E-state index is 14.4. The number of aliphatic hydroxyl groups is 1. The van der Waals surface area contributed by atoms with Crippen molar-refractivity contribution in [2.24, 2.45) is 0 Å². The fourth-order valence-electron chi connectivity index (χ4n) is 2.43. The van der Waals surface area contributed by atoms with Crippen LogP contribution < -0.4 is 10.6 Å². The van der Waals surface area contributed by atoms with E-state index in [2.05, 4.69) is 5.32 Å². The van der Waals surface area contributed by atoms with Crippen molar-refractivity contribution in [3.05, 3.63) is 48.3 Å². The van der Waals surface area contributed by atoms with Gasteiger partial charge in [-0.25, -0.2) is 21.2 Å². The second kappa shape index (κ2) is 9.31. The number of alkyl halides is 3. The molecular formula is C19H18F4N2O7S2. The summed E-state index contributed by atoms with van der Waals surface area (Å²) in [5.41, 5.74) is -4.64. The van der Waals surface area contributed by atoms with Gasteiger partial charge in [-0.3, -0.25) is 9.59 Å². The lowest BCUT2D eigenvalue weighted by atomic mass is 10.1. The quantitative estimate of drug-likeness (QED) is 0.463. The van der Waals surface area contributed by atoms with Gasteiger partial charge in [-0.2, -0.15) is 13.2 Å². The van der Waals surface area contributed by atoms with E-state index in [1.807, 2.05) is 0 Å². The minimum Gasteiger partial charge on any atom is -0.373 e. The number of halogens is 4. The molecule has 3 N–H and O–H groups in total. The summed E-state index contributed by atoms with van der Waals surface area (Å²) in [5.74, 6) is -5.04. The smallest absolute Gasteiger partial charge is 0.373 e. The van der Waals surface area contributed by atoms with Crippen LogP contribution >= 0.6 is 0 Å². The van der Waals surface area contributed by atoms with E-state index in [1.54, 1.807) is 5.32 Å². The average Bonchev–Trinajstić information content (AvgIpc) is 2.73. The summed E-state index contributed by atoms with van der Waals surface area (Å²) in [7, 11) is -7.22. The number of anilines is 1. The van der Waals surface area contributed by atoms with Crippen molar-refractivity contribution in [3.63, 3.8) is 0 Å². The van der Waals surface area contributed by atoms with Crippen LogP contribution in [0.25, 0.3) is 0 Å². The molecule has 2 aromatic rings. The van der Waals surface area contributed by atoms with Crippen molar-refractivity contribution in [1.82, 2.24) is 5.32 Å². The molecule has 0 saturated carbocycles. The average molecular weight is 526 g/mol. The van der Waals surface area contributed by atoms with Crippen LogP contribution in [0.5, 0.6) is 0 Å². The molecular weight excluding hydrogens is 508 g/mol. The Morgan fingerprint density at radius 3 is 1.91 bits per heavy atom. The molecule has 186 valence electrons. The lowest BCUT2D eigenvalue weighted by Gasteiger charge is -2.25. The van der Waals surface area contributed by atoms with Gasteiger partial charge >= 0.3 is 6.18 Å². The Morgan fingerprint density at radius 2 is 1.44 bits per heavy atom. The number of benzene rings is 2. The number of carbonyl (C=O) groups excluding carboxylic acids is 2. The van der Waals surface area contributed by atoms with E-state index in [1.165, 1.54) is 7.05 Å². The SMILES string of the molecule is CNC(=O)CS(=O)(=O)c1ccc(S(=O)(=O)c2ccc(NC(=O)C(C)(O)C(F)(F)F)c(F)c2)cc1. The van der Waals surface area contributed by atoms with Crippen molar-refractivity contribution in [1.29, 1.82) is 0 Å². The monoisotopic (exact) mass is 526 g/mol. The van der Waals surface area contributed by atoms with Gasteiger partial charge in [0.2, 0.25) is 21.3 Å². The third-order valence-electron chi connectivity index (χ3n) is 4.59. The number of hydrogen-bond donors (Lipinski definition) is 3. The third kappa shape index (κ3) is 5.53. The molecule has 1 atom stereocenters. The molecule has 0 spiro atoms. The summed E-state index contributed by atoms with van der Waals surface area (Å²) in [6.07, 6.45) is -5.35. The molecule has 15 heteroatoms. The van der Waals surface area contributed by atoms with Gasteiger partial charge in [-0.1, -0.05) is 0 Å². The van der Waals surface area contributed by atoms with Crippen molar-refractivity contribution in [2.45, 2.75) is 33.4 Å². The lowest BCUT2D eigenvalue weighted by molar-refractivity contribution is -0.242. The number of carbonyl (C=O) groups is 2. The van der Waals surface area contributed by atoms with Gasteiger partial charge in [0.1, 0.15) is 11.6 Å². The van der Waals surface area contributed by atoms with Crippen LogP contribution in [0.1, 0.15) is 6.92 Å². The summed E-state index contributed by atoms with van der Waals surface area (Å²) in [5, 5.41) is 13.0. The second-order valence-electron chi connectivity index (χ2n) is 7.07. The van der Waals surface area contributed by atoms with E-state index >= 15 is 0 Å². The first-order valence-electron chi connectivity index (χ1n) is 9.12.